The van der Waals surface area contributed by atoms with Crippen LogP contribution in [0, 0.1) is 5.92 Å². The molecule has 8 nitrogen and oxygen atoms in total. The highest BCUT2D eigenvalue weighted by Crippen LogP contribution is 2.22. The van der Waals surface area contributed by atoms with Gasteiger partial charge >= 0.3 is 0 Å². The molecule has 0 aromatic carbocycles. The first-order chi connectivity index (χ1) is 12.0. The van der Waals surface area contributed by atoms with Crippen molar-refractivity contribution in [2.45, 2.75) is 32.9 Å². The summed E-state index contributed by atoms with van der Waals surface area (Å²) < 4.78 is 10.7. The monoisotopic (exact) mass is 344 g/mol. The zero-order chi connectivity index (χ0) is 17.8. The van der Waals surface area contributed by atoms with E-state index in [1.165, 1.54) is 0 Å². The lowest BCUT2D eigenvalue weighted by atomic mass is 10.1. The molecular formula is C17H20N4O4. The van der Waals surface area contributed by atoms with Gasteiger partial charge in [-0.15, -0.1) is 10.2 Å². The second kappa shape index (κ2) is 7.33. The van der Waals surface area contributed by atoms with Gasteiger partial charge in [-0.2, -0.15) is 0 Å². The van der Waals surface area contributed by atoms with E-state index < -0.39 is 5.92 Å². The van der Waals surface area contributed by atoms with E-state index in [1.54, 1.807) is 35.4 Å². The highest BCUT2D eigenvalue weighted by Gasteiger charge is 2.34. The minimum absolute atomic E-state index is 0.000567. The predicted molar refractivity (Wildman–Crippen MR) is 88.7 cm³/mol. The Morgan fingerprint density at radius 1 is 1.40 bits per heavy atom. The number of ether oxygens (including phenoxy) is 1. The van der Waals surface area contributed by atoms with E-state index in [2.05, 4.69) is 15.5 Å². The van der Waals surface area contributed by atoms with Crippen LogP contribution in [0.3, 0.4) is 0 Å². The van der Waals surface area contributed by atoms with E-state index in [4.69, 9.17) is 9.15 Å². The van der Waals surface area contributed by atoms with Crippen molar-refractivity contribution < 1.29 is 18.7 Å². The fourth-order valence-corrected chi connectivity index (χ4v) is 2.61. The van der Waals surface area contributed by atoms with E-state index in [0.29, 0.717) is 30.5 Å². The van der Waals surface area contributed by atoms with Crippen LogP contribution in [0.15, 0.2) is 34.9 Å². The van der Waals surface area contributed by atoms with Crippen LogP contribution in [0.2, 0.25) is 0 Å². The van der Waals surface area contributed by atoms with E-state index in [1.807, 2.05) is 13.8 Å². The van der Waals surface area contributed by atoms with Gasteiger partial charge in [0.05, 0.1) is 24.8 Å². The molecular weight excluding hydrogens is 324 g/mol. The summed E-state index contributed by atoms with van der Waals surface area (Å²) in [5.41, 5.74) is 0. The summed E-state index contributed by atoms with van der Waals surface area (Å²) in [6, 6.07) is 6.84. The van der Waals surface area contributed by atoms with Gasteiger partial charge in [0.15, 0.2) is 5.82 Å². The van der Waals surface area contributed by atoms with Crippen LogP contribution >= 0.6 is 0 Å². The lowest BCUT2D eigenvalue weighted by molar-refractivity contribution is -0.128. The number of rotatable bonds is 6. The van der Waals surface area contributed by atoms with Crippen molar-refractivity contribution in [2.75, 3.05) is 11.9 Å². The zero-order valence-corrected chi connectivity index (χ0v) is 14.1. The number of nitrogens with zero attached hydrogens (tertiary/aromatic N) is 3. The highest BCUT2D eigenvalue weighted by atomic mass is 16.5. The molecule has 3 heterocycles. The van der Waals surface area contributed by atoms with Crippen molar-refractivity contribution in [3.63, 3.8) is 0 Å². The maximum absolute atomic E-state index is 12.4. The van der Waals surface area contributed by atoms with Gasteiger partial charge in [-0.05, 0) is 32.0 Å². The average molecular weight is 344 g/mol. The molecule has 25 heavy (non-hydrogen) atoms. The van der Waals surface area contributed by atoms with Gasteiger partial charge in [-0.1, -0.05) is 0 Å². The summed E-state index contributed by atoms with van der Waals surface area (Å²) in [6.45, 7) is 4.51. The Balaban J connectivity index is 1.55. The van der Waals surface area contributed by atoms with Crippen LogP contribution in [-0.4, -0.2) is 39.6 Å². The fraction of sp³-hybridized carbons (Fsp3) is 0.412. The normalized spacial score (nSPS) is 17.2. The molecule has 8 heteroatoms. The van der Waals surface area contributed by atoms with Crippen LogP contribution < -0.4 is 10.1 Å². The van der Waals surface area contributed by atoms with Crippen molar-refractivity contribution in [1.29, 1.82) is 0 Å². The number of carbonyl (C=O) groups excluding carboxylic acids is 2. The van der Waals surface area contributed by atoms with Gasteiger partial charge in [0.25, 0.3) is 0 Å². The molecule has 1 N–H and O–H groups in total. The third-order valence-electron chi connectivity index (χ3n) is 3.76. The molecule has 1 aliphatic heterocycles. The van der Waals surface area contributed by atoms with E-state index in [-0.39, 0.29) is 24.3 Å². The molecule has 0 bridgehead atoms. The molecule has 0 saturated carbocycles. The highest BCUT2D eigenvalue weighted by molar-refractivity contribution is 5.96. The molecule has 2 aromatic rings. The maximum atomic E-state index is 12.4. The van der Waals surface area contributed by atoms with Crippen molar-refractivity contribution in [1.82, 2.24) is 15.1 Å². The summed E-state index contributed by atoms with van der Waals surface area (Å²) in [4.78, 5) is 26.1. The topological polar surface area (TPSA) is 97.6 Å². The molecule has 0 unspecified atom stereocenters. The molecule has 132 valence electrons. The average Bonchev–Trinajstić information content (AvgIpc) is 3.20. The number of aromatic nitrogens is 2. The van der Waals surface area contributed by atoms with Gasteiger partial charge < -0.3 is 19.4 Å². The first-order valence-corrected chi connectivity index (χ1v) is 8.12. The van der Waals surface area contributed by atoms with Crippen LogP contribution in [0.4, 0.5) is 5.82 Å². The van der Waals surface area contributed by atoms with Crippen LogP contribution in [0.5, 0.6) is 5.88 Å². The number of carbonyl (C=O) groups is 2. The van der Waals surface area contributed by atoms with Gasteiger partial charge in [0.1, 0.15) is 5.76 Å². The Bertz CT molecular complexity index is 728. The Hall–Kier alpha value is -2.90. The number of nitrogens with one attached hydrogen (secondary N) is 1. The van der Waals surface area contributed by atoms with E-state index in [9.17, 15) is 9.59 Å². The summed E-state index contributed by atoms with van der Waals surface area (Å²) in [5.74, 6) is 0.689. The minimum atomic E-state index is -0.421. The molecule has 1 fully saturated rings. The molecule has 1 atom stereocenters. The summed E-state index contributed by atoms with van der Waals surface area (Å²) >= 11 is 0. The van der Waals surface area contributed by atoms with Gasteiger partial charge in [-0.25, -0.2) is 0 Å². The maximum Gasteiger partial charge on any atom is 0.233 e. The summed E-state index contributed by atoms with van der Waals surface area (Å²) in [6.07, 6.45) is 1.74. The lowest BCUT2D eigenvalue weighted by Crippen LogP contribution is -2.28. The quantitative estimate of drug-likeness (QED) is 0.859. The number of likely N-dealkylation sites (tertiary alicyclic amines) is 1. The fourth-order valence-electron chi connectivity index (χ4n) is 2.61. The van der Waals surface area contributed by atoms with Crippen molar-refractivity contribution in [2.24, 2.45) is 5.92 Å². The third kappa shape index (κ3) is 4.34. The summed E-state index contributed by atoms with van der Waals surface area (Å²) in [7, 11) is 0. The lowest BCUT2D eigenvalue weighted by Gasteiger charge is -2.15. The number of hydrogen-bond donors (Lipinski definition) is 1. The predicted octanol–water partition coefficient (Wildman–Crippen LogP) is 1.84. The Kier molecular flexibility index (Phi) is 4.97. The van der Waals surface area contributed by atoms with Gasteiger partial charge in [0.2, 0.25) is 17.7 Å². The van der Waals surface area contributed by atoms with Crippen LogP contribution in [0.25, 0.3) is 0 Å². The molecule has 1 aliphatic rings. The molecule has 1 saturated heterocycles. The number of amides is 2. The number of furan rings is 1. The second-order valence-corrected chi connectivity index (χ2v) is 6.17. The molecule has 0 radical (unpaired) electrons. The zero-order valence-electron chi connectivity index (χ0n) is 14.1. The first-order valence-electron chi connectivity index (χ1n) is 8.12. The second-order valence-electron chi connectivity index (χ2n) is 6.17. The summed E-state index contributed by atoms with van der Waals surface area (Å²) in [5, 5.41) is 10.5. The van der Waals surface area contributed by atoms with Gasteiger partial charge in [0, 0.05) is 19.0 Å². The number of anilines is 1. The standard InChI is InChI=1S/C17H20N4O4/c1-11(2)25-15-6-5-14(19-20-15)18-17(23)12-8-16(22)21(9-12)10-13-4-3-7-24-13/h3-7,11-12H,8-10H2,1-2H3,(H,18,19,23)/t12-/m1/s1. The van der Waals surface area contributed by atoms with Crippen LogP contribution in [0.1, 0.15) is 26.0 Å². The molecule has 2 aromatic heterocycles. The third-order valence-corrected chi connectivity index (χ3v) is 3.76. The Morgan fingerprint density at radius 2 is 2.24 bits per heavy atom. The smallest absolute Gasteiger partial charge is 0.233 e. The Morgan fingerprint density at radius 3 is 2.88 bits per heavy atom. The minimum Gasteiger partial charge on any atom is -0.474 e. The Labute approximate surface area is 145 Å². The van der Waals surface area contributed by atoms with E-state index >= 15 is 0 Å². The molecule has 2 amide bonds. The van der Waals surface area contributed by atoms with Crippen molar-refractivity contribution in [3.05, 3.63) is 36.3 Å². The first kappa shape index (κ1) is 16.9. The molecule has 0 spiro atoms. The molecule has 0 aliphatic carbocycles. The van der Waals surface area contributed by atoms with Gasteiger partial charge in [-0.3, -0.25) is 9.59 Å². The van der Waals surface area contributed by atoms with Crippen molar-refractivity contribution >= 4 is 17.6 Å². The number of hydrogen-bond acceptors (Lipinski definition) is 6. The SMILES string of the molecule is CC(C)Oc1ccc(NC(=O)[C@@H]2CC(=O)N(Cc3ccco3)C2)nn1. The van der Waals surface area contributed by atoms with Crippen LogP contribution in [-0.2, 0) is 16.1 Å². The largest absolute Gasteiger partial charge is 0.474 e. The van der Waals surface area contributed by atoms with Crippen molar-refractivity contribution in [3.8, 4) is 5.88 Å². The molecule has 3 rings (SSSR count). The van der Waals surface area contributed by atoms with E-state index in [0.717, 1.165) is 0 Å².